The van der Waals surface area contributed by atoms with Gasteiger partial charge in [-0.25, -0.2) is 0 Å². The molecule has 1 N–H and O–H groups in total. The maximum Gasteiger partial charge on any atom is 0.105 e. The Labute approximate surface area is 118 Å². The minimum absolute atomic E-state index is 0.230. The molecule has 0 bridgehead atoms. The summed E-state index contributed by atoms with van der Waals surface area (Å²) in [7, 11) is 1.96. The summed E-state index contributed by atoms with van der Waals surface area (Å²) in [6, 6.07) is 10.3. The third-order valence-corrected chi connectivity index (χ3v) is 3.88. The number of rotatable bonds is 4. The van der Waals surface area contributed by atoms with Crippen molar-refractivity contribution in [3.8, 4) is 0 Å². The molecular weight excluding hydrogens is 346 g/mol. The van der Waals surface area contributed by atoms with E-state index < -0.39 is 0 Å². The zero-order valence-corrected chi connectivity index (χ0v) is 12.6. The van der Waals surface area contributed by atoms with Crippen LogP contribution >= 0.6 is 31.9 Å². The van der Waals surface area contributed by atoms with Gasteiger partial charge in [0.05, 0.1) is 6.26 Å². The first-order valence-corrected chi connectivity index (χ1v) is 6.94. The van der Waals surface area contributed by atoms with Crippen molar-refractivity contribution in [2.75, 3.05) is 7.05 Å². The van der Waals surface area contributed by atoms with Crippen molar-refractivity contribution in [2.24, 2.45) is 0 Å². The van der Waals surface area contributed by atoms with Crippen molar-refractivity contribution < 1.29 is 4.42 Å². The van der Waals surface area contributed by atoms with Crippen LogP contribution in [0, 0.1) is 0 Å². The number of nitrogens with one attached hydrogen (secondary N) is 1. The van der Waals surface area contributed by atoms with Gasteiger partial charge in [0.2, 0.25) is 0 Å². The summed E-state index contributed by atoms with van der Waals surface area (Å²) >= 11 is 7.08. The van der Waals surface area contributed by atoms with Crippen LogP contribution in [-0.4, -0.2) is 7.05 Å². The van der Waals surface area contributed by atoms with Crippen LogP contribution in [0.5, 0.6) is 0 Å². The predicted molar refractivity (Wildman–Crippen MR) is 76.1 cm³/mol. The van der Waals surface area contributed by atoms with Gasteiger partial charge in [-0.15, -0.1) is 0 Å². The van der Waals surface area contributed by atoms with Crippen LogP contribution < -0.4 is 5.32 Å². The first-order chi connectivity index (χ1) is 8.20. The number of benzene rings is 1. The van der Waals surface area contributed by atoms with Gasteiger partial charge in [-0.05, 0) is 42.9 Å². The molecule has 17 heavy (non-hydrogen) atoms. The zero-order valence-electron chi connectivity index (χ0n) is 9.41. The average Bonchev–Trinajstić information content (AvgIpc) is 2.82. The summed E-state index contributed by atoms with van der Waals surface area (Å²) in [6.07, 6.45) is 2.54. The second-order valence-electron chi connectivity index (χ2n) is 3.79. The summed E-state index contributed by atoms with van der Waals surface area (Å²) in [5.41, 5.74) is 1.22. The van der Waals surface area contributed by atoms with Gasteiger partial charge < -0.3 is 9.73 Å². The van der Waals surface area contributed by atoms with Crippen LogP contribution in [0.15, 0.2) is 50.0 Å². The van der Waals surface area contributed by atoms with E-state index in [9.17, 15) is 0 Å². The van der Waals surface area contributed by atoms with Crippen molar-refractivity contribution >= 4 is 31.9 Å². The Morgan fingerprint density at radius 3 is 2.76 bits per heavy atom. The lowest BCUT2D eigenvalue weighted by Crippen LogP contribution is -2.19. The van der Waals surface area contributed by atoms with Crippen molar-refractivity contribution in [2.45, 2.75) is 12.5 Å². The van der Waals surface area contributed by atoms with Crippen LogP contribution in [0.3, 0.4) is 0 Å². The topological polar surface area (TPSA) is 25.2 Å². The molecule has 2 aromatic rings. The van der Waals surface area contributed by atoms with Gasteiger partial charge in [0.25, 0.3) is 0 Å². The molecule has 0 fully saturated rings. The summed E-state index contributed by atoms with van der Waals surface area (Å²) < 4.78 is 7.57. The molecule has 0 spiro atoms. The lowest BCUT2D eigenvalue weighted by atomic mass is 10.0. The number of hydrogen-bond donors (Lipinski definition) is 1. The Balaban J connectivity index is 2.25. The van der Waals surface area contributed by atoms with Crippen molar-refractivity contribution in [3.05, 3.63) is 56.9 Å². The van der Waals surface area contributed by atoms with Crippen LogP contribution in [0.2, 0.25) is 0 Å². The van der Waals surface area contributed by atoms with Gasteiger partial charge >= 0.3 is 0 Å². The molecule has 1 unspecified atom stereocenters. The molecule has 0 aliphatic carbocycles. The van der Waals surface area contributed by atoms with E-state index in [-0.39, 0.29) is 6.04 Å². The molecule has 2 nitrogen and oxygen atoms in total. The quantitative estimate of drug-likeness (QED) is 0.880. The number of hydrogen-bond acceptors (Lipinski definition) is 2. The van der Waals surface area contributed by atoms with Gasteiger partial charge in [-0.2, -0.15) is 0 Å². The molecule has 1 aromatic heterocycles. The second kappa shape index (κ2) is 5.85. The largest absolute Gasteiger partial charge is 0.469 e. The molecule has 4 heteroatoms. The third-order valence-electron chi connectivity index (χ3n) is 2.67. The molecule has 0 amide bonds. The second-order valence-corrected chi connectivity index (χ2v) is 5.56. The molecule has 90 valence electrons. The van der Waals surface area contributed by atoms with E-state index in [1.54, 1.807) is 6.26 Å². The van der Waals surface area contributed by atoms with Crippen LogP contribution in [-0.2, 0) is 6.42 Å². The van der Waals surface area contributed by atoms with Crippen molar-refractivity contribution in [1.82, 2.24) is 5.32 Å². The van der Waals surface area contributed by atoms with Gasteiger partial charge in [0.15, 0.2) is 0 Å². The Kier molecular flexibility index (Phi) is 4.42. The van der Waals surface area contributed by atoms with Gasteiger partial charge in [-0.1, -0.05) is 31.9 Å². The fourth-order valence-corrected chi connectivity index (χ4v) is 2.68. The SMILES string of the molecule is CNC(Cc1ccco1)c1cc(Br)ccc1Br. The minimum atomic E-state index is 0.230. The molecule has 2 rings (SSSR count). The molecular formula is C13H13Br2NO. The van der Waals surface area contributed by atoms with E-state index in [4.69, 9.17) is 4.42 Å². The summed E-state index contributed by atoms with van der Waals surface area (Å²) in [6.45, 7) is 0. The standard InChI is InChI=1S/C13H13Br2NO/c1-16-13(8-10-3-2-6-17-10)11-7-9(14)4-5-12(11)15/h2-7,13,16H,8H2,1H3. The molecule has 0 saturated heterocycles. The highest BCUT2D eigenvalue weighted by Crippen LogP contribution is 2.28. The van der Waals surface area contributed by atoms with Gasteiger partial charge in [-0.3, -0.25) is 0 Å². The Morgan fingerprint density at radius 1 is 1.29 bits per heavy atom. The van der Waals surface area contributed by atoms with E-state index in [0.717, 1.165) is 21.1 Å². The first kappa shape index (κ1) is 12.9. The predicted octanol–water partition coefficient (Wildman–Crippen LogP) is 4.31. The van der Waals surface area contributed by atoms with Crippen molar-refractivity contribution in [1.29, 1.82) is 0 Å². The fraction of sp³-hybridized carbons (Fsp3) is 0.231. The van der Waals surface area contributed by atoms with Gasteiger partial charge in [0, 0.05) is 21.4 Å². The Bertz CT molecular complexity index is 482. The van der Waals surface area contributed by atoms with Crippen LogP contribution in [0.25, 0.3) is 0 Å². The van der Waals surface area contributed by atoms with Crippen LogP contribution in [0.4, 0.5) is 0 Å². The Morgan fingerprint density at radius 2 is 2.12 bits per heavy atom. The molecule has 0 aliphatic rings. The number of furan rings is 1. The fourth-order valence-electron chi connectivity index (χ4n) is 1.78. The molecule has 0 radical (unpaired) electrons. The lowest BCUT2D eigenvalue weighted by molar-refractivity contribution is 0.465. The van der Waals surface area contributed by atoms with E-state index in [1.807, 2.05) is 31.3 Å². The monoisotopic (exact) mass is 357 g/mol. The number of halogens is 2. The van der Waals surface area contributed by atoms with E-state index >= 15 is 0 Å². The highest BCUT2D eigenvalue weighted by Gasteiger charge is 2.15. The number of likely N-dealkylation sites (N-methyl/N-ethyl adjacent to an activating group) is 1. The lowest BCUT2D eigenvalue weighted by Gasteiger charge is -2.17. The van der Waals surface area contributed by atoms with E-state index in [2.05, 4.69) is 43.2 Å². The maximum atomic E-state index is 5.39. The zero-order chi connectivity index (χ0) is 12.3. The molecule has 1 atom stereocenters. The normalized spacial score (nSPS) is 12.6. The summed E-state index contributed by atoms with van der Waals surface area (Å²) in [4.78, 5) is 0. The molecule has 0 saturated carbocycles. The highest BCUT2D eigenvalue weighted by molar-refractivity contribution is 9.11. The van der Waals surface area contributed by atoms with E-state index in [0.29, 0.717) is 0 Å². The maximum absolute atomic E-state index is 5.39. The Hall–Kier alpha value is -0.580. The van der Waals surface area contributed by atoms with Crippen LogP contribution in [0.1, 0.15) is 17.4 Å². The molecule has 0 aliphatic heterocycles. The minimum Gasteiger partial charge on any atom is -0.469 e. The molecule has 1 heterocycles. The average molecular weight is 359 g/mol. The smallest absolute Gasteiger partial charge is 0.105 e. The third kappa shape index (κ3) is 3.21. The van der Waals surface area contributed by atoms with Crippen molar-refractivity contribution in [3.63, 3.8) is 0 Å². The highest BCUT2D eigenvalue weighted by atomic mass is 79.9. The summed E-state index contributed by atoms with van der Waals surface area (Å²) in [5.74, 6) is 0.983. The molecule has 1 aromatic carbocycles. The van der Waals surface area contributed by atoms with E-state index in [1.165, 1.54) is 5.56 Å². The van der Waals surface area contributed by atoms with Gasteiger partial charge in [0.1, 0.15) is 5.76 Å². The summed E-state index contributed by atoms with van der Waals surface area (Å²) in [5, 5.41) is 3.31. The first-order valence-electron chi connectivity index (χ1n) is 5.35.